The standard InChI is InChI=1S/C11H10BrNO/c12-10-3-1-2-9(4-10)5-11(6-13)7-14-8-11/h1-4H,5,7-8H2. The first kappa shape index (κ1) is 9.70. The second kappa shape index (κ2) is 3.72. The molecule has 1 saturated heterocycles. The van der Waals surface area contributed by atoms with E-state index < -0.39 is 0 Å². The number of ether oxygens (including phenoxy) is 1. The van der Waals surface area contributed by atoms with Gasteiger partial charge in [-0.25, -0.2) is 0 Å². The number of hydrogen-bond donors (Lipinski definition) is 0. The van der Waals surface area contributed by atoms with E-state index in [0.29, 0.717) is 13.2 Å². The average molecular weight is 252 g/mol. The summed E-state index contributed by atoms with van der Waals surface area (Å²) in [5.41, 5.74) is 0.907. The van der Waals surface area contributed by atoms with Gasteiger partial charge in [0.1, 0.15) is 5.41 Å². The molecule has 2 rings (SSSR count). The Morgan fingerprint density at radius 1 is 1.50 bits per heavy atom. The van der Waals surface area contributed by atoms with Crippen molar-refractivity contribution in [3.05, 3.63) is 34.3 Å². The van der Waals surface area contributed by atoms with Gasteiger partial charge in [-0.15, -0.1) is 0 Å². The third-order valence-corrected chi connectivity index (χ3v) is 2.92. The van der Waals surface area contributed by atoms with Gasteiger partial charge in [0, 0.05) is 4.47 Å². The van der Waals surface area contributed by atoms with Gasteiger partial charge >= 0.3 is 0 Å². The Hall–Kier alpha value is -0.850. The quantitative estimate of drug-likeness (QED) is 0.810. The summed E-state index contributed by atoms with van der Waals surface area (Å²) in [6, 6.07) is 10.4. The first-order chi connectivity index (χ1) is 6.74. The van der Waals surface area contributed by atoms with Gasteiger partial charge in [-0.1, -0.05) is 28.1 Å². The Balaban J connectivity index is 2.14. The van der Waals surface area contributed by atoms with E-state index in [2.05, 4.69) is 28.1 Å². The Labute approximate surface area is 91.6 Å². The van der Waals surface area contributed by atoms with E-state index in [0.717, 1.165) is 10.9 Å². The SMILES string of the molecule is N#CC1(Cc2cccc(Br)c2)COC1. The lowest BCUT2D eigenvalue weighted by Gasteiger charge is -2.35. The van der Waals surface area contributed by atoms with E-state index in [1.165, 1.54) is 5.56 Å². The second-order valence-corrected chi connectivity index (χ2v) is 4.61. The van der Waals surface area contributed by atoms with Crippen molar-refractivity contribution in [2.45, 2.75) is 6.42 Å². The Morgan fingerprint density at radius 2 is 2.29 bits per heavy atom. The molecule has 0 saturated carbocycles. The number of nitriles is 1. The van der Waals surface area contributed by atoms with E-state index in [-0.39, 0.29) is 5.41 Å². The van der Waals surface area contributed by atoms with Crippen LogP contribution in [-0.2, 0) is 11.2 Å². The van der Waals surface area contributed by atoms with Crippen LogP contribution in [0.15, 0.2) is 28.7 Å². The summed E-state index contributed by atoms with van der Waals surface area (Å²) in [6.45, 7) is 1.13. The molecule has 0 atom stereocenters. The van der Waals surface area contributed by atoms with Gasteiger partial charge in [-0.3, -0.25) is 0 Å². The molecule has 0 aliphatic carbocycles. The highest BCUT2D eigenvalue weighted by atomic mass is 79.9. The molecule has 72 valence electrons. The summed E-state index contributed by atoms with van der Waals surface area (Å²) >= 11 is 3.42. The molecular formula is C11H10BrNO. The molecule has 1 heterocycles. The lowest BCUT2D eigenvalue weighted by Crippen LogP contribution is -2.43. The zero-order chi connectivity index (χ0) is 10.0. The molecule has 1 aliphatic rings. The molecule has 3 heteroatoms. The van der Waals surface area contributed by atoms with E-state index in [4.69, 9.17) is 10.00 Å². The number of nitrogens with zero attached hydrogens (tertiary/aromatic N) is 1. The number of hydrogen-bond acceptors (Lipinski definition) is 2. The number of rotatable bonds is 2. The molecule has 0 radical (unpaired) electrons. The number of halogens is 1. The minimum Gasteiger partial charge on any atom is -0.378 e. The van der Waals surface area contributed by atoms with E-state index in [9.17, 15) is 0 Å². The molecule has 1 aliphatic heterocycles. The highest BCUT2D eigenvalue weighted by Crippen LogP contribution is 2.31. The highest BCUT2D eigenvalue weighted by Gasteiger charge is 2.38. The summed E-state index contributed by atoms with van der Waals surface area (Å²) in [6.07, 6.45) is 0.781. The van der Waals surface area contributed by atoms with Crippen LogP contribution in [0.1, 0.15) is 5.56 Å². The Morgan fingerprint density at radius 3 is 2.79 bits per heavy atom. The van der Waals surface area contributed by atoms with Crippen molar-refractivity contribution >= 4 is 15.9 Å². The van der Waals surface area contributed by atoms with Crippen molar-refractivity contribution in [2.75, 3.05) is 13.2 Å². The van der Waals surface area contributed by atoms with Gasteiger partial charge < -0.3 is 4.74 Å². The fraction of sp³-hybridized carbons (Fsp3) is 0.364. The molecule has 0 aromatic heterocycles. The summed E-state index contributed by atoms with van der Waals surface area (Å²) in [5, 5.41) is 9.03. The molecular weight excluding hydrogens is 242 g/mol. The van der Waals surface area contributed by atoms with Gasteiger partial charge in [-0.2, -0.15) is 5.26 Å². The third kappa shape index (κ3) is 1.82. The zero-order valence-corrected chi connectivity index (χ0v) is 9.25. The van der Waals surface area contributed by atoms with Crippen molar-refractivity contribution in [3.63, 3.8) is 0 Å². The van der Waals surface area contributed by atoms with Crippen LogP contribution in [0.3, 0.4) is 0 Å². The minimum absolute atomic E-state index is 0.277. The van der Waals surface area contributed by atoms with Gasteiger partial charge in [0.05, 0.1) is 19.3 Å². The van der Waals surface area contributed by atoms with Crippen LogP contribution < -0.4 is 0 Å². The zero-order valence-electron chi connectivity index (χ0n) is 7.66. The molecule has 1 aromatic rings. The molecule has 0 amide bonds. The second-order valence-electron chi connectivity index (χ2n) is 3.69. The molecule has 0 N–H and O–H groups in total. The first-order valence-electron chi connectivity index (χ1n) is 4.48. The van der Waals surface area contributed by atoms with Gasteiger partial charge in [-0.05, 0) is 24.1 Å². The van der Waals surface area contributed by atoms with Crippen LogP contribution in [0.4, 0.5) is 0 Å². The first-order valence-corrected chi connectivity index (χ1v) is 5.27. The molecule has 1 aromatic carbocycles. The summed E-state index contributed by atoms with van der Waals surface area (Å²) in [4.78, 5) is 0. The highest BCUT2D eigenvalue weighted by molar-refractivity contribution is 9.10. The monoisotopic (exact) mass is 251 g/mol. The fourth-order valence-electron chi connectivity index (χ4n) is 1.59. The predicted octanol–water partition coefficient (Wildman–Crippen LogP) is 2.53. The number of benzene rings is 1. The molecule has 0 bridgehead atoms. The maximum Gasteiger partial charge on any atom is 0.108 e. The summed E-state index contributed by atoms with van der Waals surface area (Å²) in [5.74, 6) is 0. The largest absolute Gasteiger partial charge is 0.378 e. The smallest absolute Gasteiger partial charge is 0.108 e. The van der Waals surface area contributed by atoms with Crippen molar-refractivity contribution < 1.29 is 4.74 Å². The van der Waals surface area contributed by atoms with Crippen LogP contribution in [0.25, 0.3) is 0 Å². The molecule has 0 spiro atoms. The molecule has 2 nitrogen and oxygen atoms in total. The van der Waals surface area contributed by atoms with Crippen molar-refractivity contribution in [1.29, 1.82) is 5.26 Å². The van der Waals surface area contributed by atoms with E-state index in [1.807, 2.05) is 18.2 Å². The van der Waals surface area contributed by atoms with E-state index in [1.54, 1.807) is 0 Å². The maximum atomic E-state index is 9.03. The van der Waals surface area contributed by atoms with Crippen molar-refractivity contribution in [2.24, 2.45) is 5.41 Å². The van der Waals surface area contributed by atoms with Gasteiger partial charge in [0.15, 0.2) is 0 Å². The normalized spacial score (nSPS) is 18.3. The molecule has 1 fully saturated rings. The van der Waals surface area contributed by atoms with Crippen LogP contribution >= 0.6 is 15.9 Å². The molecule has 0 unspecified atom stereocenters. The fourth-order valence-corrected chi connectivity index (χ4v) is 2.04. The topological polar surface area (TPSA) is 33.0 Å². The van der Waals surface area contributed by atoms with Crippen LogP contribution in [0.2, 0.25) is 0 Å². The third-order valence-electron chi connectivity index (χ3n) is 2.43. The molecule has 14 heavy (non-hydrogen) atoms. The maximum absolute atomic E-state index is 9.03. The van der Waals surface area contributed by atoms with Gasteiger partial charge in [0.25, 0.3) is 0 Å². The Bertz CT molecular complexity index is 379. The Kier molecular flexibility index (Phi) is 2.58. The minimum atomic E-state index is -0.277. The average Bonchev–Trinajstić information content (AvgIpc) is 2.11. The summed E-state index contributed by atoms with van der Waals surface area (Å²) in [7, 11) is 0. The van der Waals surface area contributed by atoms with E-state index >= 15 is 0 Å². The van der Waals surface area contributed by atoms with Crippen molar-refractivity contribution in [1.82, 2.24) is 0 Å². The van der Waals surface area contributed by atoms with Crippen LogP contribution in [0.5, 0.6) is 0 Å². The van der Waals surface area contributed by atoms with Crippen LogP contribution in [0, 0.1) is 16.7 Å². The lowest BCUT2D eigenvalue weighted by molar-refractivity contribution is -0.0765. The van der Waals surface area contributed by atoms with Crippen LogP contribution in [-0.4, -0.2) is 13.2 Å². The predicted molar refractivity (Wildman–Crippen MR) is 56.7 cm³/mol. The lowest BCUT2D eigenvalue weighted by atomic mass is 9.81. The van der Waals surface area contributed by atoms with Crippen molar-refractivity contribution in [3.8, 4) is 6.07 Å². The summed E-state index contributed by atoms with van der Waals surface area (Å²) < 4.78 is 6.16. The van der Waals surface area contributed by atoms with Gasteiger partial charge in [0.2, 0.25) is 0 Å².